The maximum Gasteiger partial charge on any atom is 0.252 e. The van der Waals surface area contributed by atoms with Gasteiger partial charge in [-0.05, 0) is 56.6 Å². The summed E-state index contributed by atoms with van der Waals surface area (Å²) < 4.78 is 0. The number of anilines is 1. The van der Waals surface area contributed by atoms with Gasteiger partial charge in [-0.15, -0.1) is 0 Å². The molecule has 1 amide bonds. The van der Waals surface area contributed by atoms with Gasteiger partial charge in [0.25, 0.3) is 5.91 Å². The average molecular weight is 302 g/mol. The van der Waals surface area contributed by atoms with Gasteiger partial charge < -0.3 is 15.3 Å². The largest absolute Gasteiger partial charge is 0.380 e. The Labute approximate surface area is 132 Å². The maximum absolute atomic E-state index is 12.3. The van der Waals surface area contributed by atoms with Gasteiger partial charge in [0.15, 0.2) is 0 Å². The monoisotopic (exact) mass is 302 g/mol. The van der Waals surface area contributed by atoms with Crippen LogP contribution < -0.4 is 10.2 Å². The van der Waals surface area contributed by atoms with E-state index in [4.69, 9.17) is 0 Å². The zero-order chi connectivity index (χ0) is 15.4. The number of carbonyl (C=O) groups is 1. The van der Waals surface area contributed by atoms with Crippen LogP contribution in [0.3, 0.4) is 0 Å². The van der Waals surface area contributed by atoms with E-state index in [0.29, 0.717) is 19.4 Å². The summed E-state index contributed by atoms with van der Waals surface area (Å²) in [4.78, 5) is 14.7. The molecular formula is C18H26N2O2. The van der Waals surface area contributed by atoms with E-state index in [0.717, 1.165) is 31.5 Å². The number of benzene rings is 1. The third-order valence-electron chi connectivity index (χ3n) is 4.98. The van der Waals surface area contributed by atoms with E-state index in [-0.39, 0.29) is 5.91 Å². The lowest BCUT2D eigenvalue weighted by atomic mass is 10.0. The fourth-order valence-electron chi connectivity index (χ4n) is 3.63. The van der Waals surface area contributed by atoms with Gasteiger partial charge in [0.2, 0.25) is 0 Å². The maximum atomic E-state index is 12.3. The summed E-state index contributed by atoms with van der Waals surface area (Å²) in [6.45, 7) is 2.68. The number of carbonyl (C=O) groups excluding carboxylic acids is 1. The summed E-state index contributed by atoms with van der Waals surface area (Å²) in [6, 6.07) is 8.28. The van der Waals surface area contributed by atoms with E-state index in [2.05, 4.69) is 28.4 Å². The highest BCUT2D eigenvalue weighted by atomic mass is 16.3. The predicted octanol–water partition coefficient (Wildman–Crippen LogP) is 2.60. The molecule has 2 N–H and O–H groups in total. The summed E-state index contributed by atoms with van der Waals surface area (Å²) in [6.07, 6.45) is 6.84. The summed E-state index contributed by atoms with van der Waals surface area (Å²) >= 11 is 0. The lowest BCUT2D eigenvalue weighted by molar-refractivity contribution is -0.139. The number of hydrogen-bond acceptors (Lipinski definition) is 3. The normalized spacial score (nSPS) is 20.9. The molecule has 1 aromatic carbocycles. The molecule has 1 aliphatic heterocycles. The van der Waals surface area contributed by atoms with E-state index < -0.39 is 5.60 Å². The highest BCUT2D eigenvalue weighted by Gasteiger charge is 2.38. The van der Waals surface area contributed by atoms with Gasteiger partial charge in [0.05, 0.1) is 0 Å². The predicted molar refractivity (Wildman–Crippen MR) is 87.8 cm³/mol. The van der Waals surface area contributed by atoms with Crippen molar-refractivity contribution in [3.63, 3.8) is 0 Å². The second-order valence-corrected chi connectivity index (χ2v) is 6.60. The molecule has 0 bridgehead atoms. The molecular weight excluding hydrogens is 276 g/mol. The fraction of sp³-hybridized carbons (Fsp3) is 0.611. The van der Waals surface area contributed by atoms with Crippen molar-refractivity contribution >= 4 is 11.6 Å². The first kappa shape index (κ1) is 15.3. The van der Waals surface area contributed by atoms with E-state index in [1.807, 2.05) is 6.07 Å². The number of hydrogen-bond donors (Lipinski definition) is 2. The third kappa shape index (κ3) is 3.27. The Morgan fingerprint density at radius 3 is 2.50 bits per heavy atom. The van der Waals surface area contributed by atoms with Crippen LogP contribution in [0.2, 0.25) is 0 Å². The lowest BCUT2D eigenvalue weighted by Crippen LogP contribution is -2.44. The molecule has 0 unspecified atom stereocenters. The lowest BCUT2D eigenvalue weighted by Gasteiger charge is -2.31. The molecule has 1 aliphatic carbocycles. The minimum atomic E-state index is -1.14. The molecule has 0 atom stereocenters. The minimum Gasteiger partial charge on any atom is -0.380 e. The van der Waals surface area contributed by atoms with Crippen LogP contribution in [0.1, 0.15) is 50.5 Å². The van der Waals surface area contributed by atoms with Gasteiger partial charge in [-0.2, -0.15) is 0 Å². The molecule has 120 valence electrons. The molecule has 4 nitrogen and oxygen atoms in total. The molecule has 0 aromatic heterocycles. The van der Waals surface area contributed by atoms with E-state index in [9.17, 15) is 9.90 Å². The average Bonchev–Trinajstić information content (AvgIpc) is 3.02. The summed E-state index contributed by atoms with van der Waals surface area (Å²) in [7, 11) is 0. The zero-order valence-electron chi connectivity index (χ0n) is 13.2. The van der Waals surface area contributed by atoms with Gasteiger partial charge in [0, 0.05) is 25.3 Å². The number of para-hydroxylation sites is 1. The molecule has 1 aromatic rings. The van der Waals surface area contributed by atoms with Crippen molar-refractivity contribution in [1.82, 2.24) is 5.32 Å². The number of amides is 1. The molecule has 22 heavy (non-hydrogen) atoms. The molecule has 1 heterocycles. The van der Waals surface area contributed by atoms with Crippen LogP contribution in [0.4, 0.5) is 5.69 Å². The third-order valence-corrected chi connectivity index (χ3v) is 4.98. The van der Waals surface area contributed by atoms with Gasteiger partial charge in [-0.1, -0.05) is 18.2 Å². The highest BCUT2D eigenvalue weighted by molar-refractivity contribution is 5.85. The van der Waals surface area contributed by atoms with Crippen LogP contribution in [0, 0.1) is 0 Å². The van der Waals surface area contributed by atoms with Crippen LogP contribution >= 0.6 is 0 Å². The van der Waals surface area contributed by atoms with E-state index >= 15 is 0 Å². The summed E-state index contributed by atoms with van der Waals surface area (Å²) in [5, 5.41) is 13.3. The fourth-order valence-corrected chi connectivity index (χ4v) is 3.63. The number of aliphatic hydroxyl groups is 1. The van der Waals surface area contributed by atoms with Crippen LogP contribution in [-0.4, -0.2) is 29.7 Å². The Kier molecular flexibility index (Phi) is 4.67. The molecule has 1 saturated heterocycles. The van der Waals surface area contributed by atoms with Crippen molar-refractivity contribution in [2.24, 2.45) is 0 Å². The number of rotatable bonds is 4. The molecule has 0 radical (unpaired) electrons. The van der Waals surface area contributed by atoms with E-state index in [1.54, 1.807) is 0 Å². The van der Waals surface area contributed by atoms with Crippen molar-refractivity contribution < 1.29 is 9.90 Å². The minimum absolute atomic E-state index is 0.210. The Hall–Kier alpha value is -1.55. The van der Waals surface area contributed by atoms with Crippen molar-refractivity contribution in [2.75, 3.05) is 18.0 Å². The molecule has 2 aliphatic rings. The first-order valence-corrected chi connectivity index (χ1v) is 8.53. The van der Waals surface area contributed by atoms with Crippen molar-refractivity contribution in [1.29, 1.82) is 0 Å². The zero-order valence-corrected chi connectivity index (χ0v) is 13.2. The number of piperidine rings is 1. The SMILES string of the molecule is O=C(NCc1ccccc1N1CCCCC1)C1(O)CCCC1. The second-order valence-electron chi connectivity index (χ2n) is 6.60. The number of nitrogens with zero attached hydrogens (tertiary/aromatic N) is 1. The van der Waals surface area contributed by atoms with Gasteiger partial charge in [-0.3, -0.25) is 4.79 Å². The summed E-state index contributed by atoms with van der Waals surface area (Å²) in [5.74, 6) is -0.210. The Morgan fingerprint density at radius 2 is 1.77 bits per heavy atom. The molecule has 0 spiro atoms. The Balaban J connectivity index is 1.66. The Bertz CT molecular complexity index is 518. The molecule has 2 fully saturated rings. The quantitative estimate of drug-likeness (QED) is 0.899. The first-order chi connectivity index (χ1) is 10.7. The van der Waals surface area contributed by atoms with Crippen molar-refractivity contribution in [3.8, 4) is 0 Å². The van der Waals surface area contributed by atoms with Crippen molar-refractivity contribution in [2.45, 2.75) is 57.1 Å². The topological polar surface area (TPSA) is 52.6 Å². The molecule has 3 rings (SSSR count). The van der Waals surface area contributed by atoms with Gasteiger partial charge in [0.1, 0.15) is 5.60 Å². The van der Waals surface area contributed by atoms with E-state index in [1.165, 1.54) is 24.9 Å². The summed E-state index contributed by atoms with van der Waals surface area (Å²) in [5.41, 5.74) is 1.22. The first-order valence-electron chi connectivity index (χ1n) is 8.53. The molecule has 1 saturated carbocycles. The highest BCUT2D eigenvalue weighted by Crippen LogP contribution is 2.30. The van der Waals surface area contributed by atoms with Crippen LogP contribution in [0.25, 0.3) is 0 Å². The van der Waals surface area contributed by atoms with Crippen LogP contribution in [-0.2, 0) is 11.3 Å². The van der Waals surface area contributed by atoms with Gasteiger partial charge in [-0.25, -0.2) is 0 Å². The van der Waals surface area contributed by atoms with Gasteiger partial charge >= 0.3 is 0 Å². The molecule has 4 heteroatoms. The number of nitrogens with one attached hydrogen (secondary N) is 1. The van der Waals surface area contributed by atoms with Crippen molar-refractivity contribution in [3.05, 3.63) is 29.8 Å². The smallest absolute Gasteiger partial charge is 0.252 e. The Morgan fingerprint density at radius 1 is 1.09 bits per heavy atom. The van der Waals surface area contributed by atoms with Crippen LogP contribution in [0.15, 0.2) is 24.3 Å². The van der Waals surface area contributed by atoms with Crippen LogP contribution in [0.5, 0.6) is 0 Å². The standard InChI is InChI=1S/C18H26N2O2/c21-17(18(22)10-4-5-11-18)19-14-15-8-2-3-9-16(15)20-12-6-1-7-13-20/h2-3,8-9,22H,1,4-7,10-14H2,(H,19,21). The second kappa shape index (κ2) is 6.69.